The quantitative estimate of drug-likeness (QED) is 0.629. The first-order chi connectivity index (χ1) is 13.9. The summed E-state index contributed by atoms with van der Waals surface area (Å²) >= 11 is 1.13. The number of hydrogen-bond acceptors (Lipinski definition) is 5. The molecule has 1 atom stereocenters. The van der Waals surface area contributed by atoms with Crippen molar-refractivity contribution in [3.8, 4) is 5.75 Å². The van der Waals surface area contributed by atoms with E-state index in [0.29, 0.717) is 11.4 Å². The smallest absolute Gasteiger partial charge is 0.284 e. The molecular formula is C21H18N2O4S2. The molecular weight excluding hydrogens is 408 g/mol. The number of sulfonamides is 1. The lowest BCUT2D eigenvalue weighted by Crippen LogP contribution is -2.31. The molecule has 148 valence electrons. The van der Waals surface area contributed by atoms with Crippen molar-refractivity contribution in [1.29, 1.82) is 0 Å². The van der Waals surface area contributed by atoms with E-state index in [9.17, 15) is 13.2 Å². The van der Waals surface area contributed by atoms with Crippen molar-refractivity contribution in [1.82, 2.24) is 0 Å². The number of rotatable bonds is 4. The predicted octanol–water partition coefficient (Wildman–Crippen LogP) is 4.06. The number of carbonyl (C=O) groups is 1. The van der Waals surface area contributed by atoms with Gasteiger partial charge in [0.25, 0.3) is 10.0 Å². The summed E-state index contributed by atoms with van der Waals surface area (Å²) in [4.78, 5) is 14.1. The number of amides is 1. The fraction of sp³-hybridized carbons (Fsp3) is 0.143. The molecule has 0 radical (unpaired) electrons. The van der Waals surface area contributed by atoms with Gasteiger partial charge in [0.2, 0.25) is 5.91 Å². The summed E-state index contributed by atoms with van der Waals surface area (Å²) in [5, 5.41) is 1.46. The van der Waals surface area contributed by atoms with Crippen molar-refractivity contribution in [2.45, 2.75) is 17.1 Å². The van der Waals surface area contributed by atoms with Crippen LogP contribution < -0.4 is 9.64 Å². The largest absolute Gasteiger partial charge is 0.497 e. The molecule has 0 N–H and O–H groups in total. The van der Waals surface area contributed by atoms with Crippen molar-refractivity contribution >= 4 is 49.3 Å². The average molecular weight is 427 g/mol. The summed E-state index contributed by atoms with van der Waals surface area (Å²) in [6, 6.07) is 19.2. The van der Waals surface area contributed by atoms with Crippen LogP contribution in [0.15, 0.2) is 76.0 Å². The molecule has 0 aliphatic carbocycles. The Bertz CT molecular complexity index is 1220. The Morgan fingerprint density at radius 3 is 2.38 bits per heavy atom. The first-order valence-corrected chi connectivity index (χ1v) is 11.2. The molecule has 3 aromatic rings. The third-order valence-corrected chi connectivity index (χ3v) is 7.01. The minimum Gasteiger partial charge on any atom is -0.497 e. The number of carbonyl (C=O) groups excluding carboxylic acids is 1. The van der Waals surface area contributed by atoms with Gasteiger partial charge in [-0.25, -0.2) is 0 Å². The Balaban J connectivity index is 1.75. The third-order valence-electron chi connectivity index (χ3n) is 4.59. The highest BCUT2D eigenvalue weighted by atomic mass is 32.2. The molecule has 0 saturated carbocycles. The van der Waals surface area contributed by atoms with E-state index in [-0.39, 0.29) is 16.0 Å². The normalized spacial score (nSPS) is 18.6. The second-order valence-corrected chi connectivity index (χ2v) is 9.40. The number of hydrogen-bond donors (Lipinski definition) is 0. The maximum absolute atomic E-state index is 13.0. The van der Waals surface area contributed by atoms with Crippen LogP contribution in [0.4, 0.5) is 5.69 Å². The van der Waals surface area contributed by atoms with Crippen molar-refractivity contribution < 1.29 is 17.9 Å². The molecule has 0 aromatic heterocycles. The highest BCUT2D eigenvalue weighted by molar-refractivity contribution is 8.16. The molecule has 1 aliphatic rings. The molecule has 1 amide bonds. The predicted molar refractivity (Wildman–Crippen MR) is 116 cm³/mol. The van der Waals surface area contributed by atoms with Crippen molar-refractivity contribution in [3.05, 3.63) is 66.7 Å². The number of ether oxygens (including phenoxy) is 1. The minimum absolute atomic E-state index is 0.0889. The molecule has 0 unspecified atom stereocenters. The van der Waals surface area contributed by atoms with Gasteiger partial charge in [-0.1, -0.05) is 42.1 Å². The van der Waals surface area contributed by atoms with E-state index in [0.717, 1.165) is 22.5 Å². The Labute approximate surface area is 173 Å². The third kappa shape index (κ3) is 3.73. The molecule has 1 aliphatic heterocycles. The van der Waals surface area contributed by atoms with Gasteiger partial charge in [-0.15, -0.1) is 4.40 Å². The van der Waals surface area contributed by atoms with E-state index >= 15 is 0 Å². The van der Waals surface area contributed by atoms with E-state index in [4.69, 9.17) is 4.74 Å². The number of thioether (sulfide) groups is 1. The van der Waals surface area contributed by atoms with Gasteiger partial charge in [0.05, 0.1) is 22.9 Å². The zero-order valence-electron chi connectivity index (χ0n) is 15.8. The van der Waals surface area contributed by atoms with Crippen LogP contribution in [0.5, 0.6) is 5.75 Å². The van der Waals surface area contributed by atoms with Gasteiger partial charge in [0, 0.05) is 0 Å². The number of nitrogens with zero attached hydrogens (tertiary/aromatic N) is 2. The number of benzene rings is 3. The van der Waals surface area contributed by atoms with Gasteiger partial charge in [-0.3, -0.25) is 9.69 Å². The molecule has 1 saturated heterocycles. The summed E-state index contributed by atoms with van der Waals surface area (Å²) in [5.74, 6) is 0.427. The number of methoxy groups -OCH3 is 1. The summed E-state index contributed by atoms with van der Waals surface area (Å²) in [6.07, 6.45) is 0. The maximum atomic E-state index is 13.0. The molecule has 3 aromatic carbocycles. The molecule has 0 bridgehead atoms. The van der Waals surface area contributed by atoms with E-state index in [1.807, 2.05) is 24.3 Å². The van der Waals surface area contributed by atoms with Crippen LogP contribution in [-0.4, -0.2) is 31.9 Å². The van der Waals surface area contributed by atoms with Gasteiger partial charge in [0.15, 0.2) is 5.17 Å². The fourth-order valence-electron chi connectivity index (χ4n) is 3.05. The molecule has 1 heterocycles. The number of amidine groups is 1. The minimum atomic E-state index is -3.99. The lowest BCUT2D eigenvalue weighted by Gasteiger charge is -2.16. The lowest BCUT2D eigenvalue weighted by atomic mass is 10.1. The summed E-state index contributed by atoms with van der Waals surface area (Å²) in [7, 11) is -2.43. The average Bonchev–Trinajstić information content (AvgIpc) is 3.00. The number of anilines is 1. The van der Waals surface area contributed by atoms with Gasteiger partial charge in [-0.2, -0.15) is 8.42 Å². The van der Waals surface area contributed by atoms with Gasteiger partial charge >= 0.3 is 0 Å². The summed E-state index contributed by atoms with van der Waals surface area (Å²) < 4.78 is 35.1. The van der Waals surface area contributed by atoms with Crippen molar-refractivity contribution in [2.24, 2.45) is 4.40 Å². The van der Waals surface area contributed by atoms with Gasteiger partial charge in [-0.05, 0) is 54.1 Å². The van der Waals surface area contributed by atoms with Gasteiger partial charge in [0.1, 0.15) is 5.75 Å². The van der Waals surface area contributed by atoms with Crippen LogP contribution in [0.25, 0.3) is 10.8 Å². The van der Waals surface area contributed by atoms with E-state index < -0.39 is 15.3 Å². The van der Waals surface area contributed by atoms with E-state index in [1.54, 1.807) is 50.4 Å². The van der Waals surface area contributed by atoms with Crippen LogP contribution in [0, 0.1) is 0 Å². The highest BCUT2D eigenvalue weighted by Crippen LogP contribution is 2.34. The fourth-order valence-corrected chi connectivity index (χ4v) is 5.25. The Morgan fingerprint density at radius 1 is 1.00 bits per heavy atom. The van der Waals surface area contributed by atoms with Gasteiger partial charge < -0.3 is 4.74 Å². The van der Waals surface area contributed by atoms with Crippen LogP contribution in [0.1, 0.15) is 6.92 Å². The number of fused-ring (bicyclic) bond motifs is 1. The van der Waals surface area contributed by atoms with Crippen molar-refractivity contribution in [3.63, 3.8) is 0 Å². The zero-order chi connectivity index (χ0) is 20.6. The van der Waals surface area contributed by atoms with Crippen LogP contribution in [0.3, 0.4) is 0 Å². The first-order valence-electron chi connectivity index (χ1n) is 8.87. The zero-order valence-corrected chi connectivity index (χ0v) is 17.4. The van der Waals surface area contributed by atoms with Crippen molar-refractivity contribution in [2.75, 3.05) is 12.0 Å². The van der Waals surface area contributed by atoms with Crippen LogP contribution >= 0.6 is 11.8 Å². The molecule has 4 rings (SSSR count). The standard InChI is InChI=1S/C21H18N2O4S2/c1-14-20(24)23(17-8-10-18(27-2)11-9-17)21(28-14)22-29(25,26)19-12-7-15-5-3-4-6-16(15)13-19/h3-14H,1-2H3/t14-/m1/s1. The summed E-state index contributed by atoms with van der Waals surface area (Å²) in [5.41, 5.74) is 0.542. The molecule has 29 heavy (non-hydrogen) atoms. The maximum Gasteiger partial charge on any atom is 0.284 e. The summed E-state index contributed by atoms with van der Waals surface area (Å²) in [6.45, 7) is 1.73. The molecule has 8 heteroatoms. The molecule has 1 fully saturated rings. The monoisotopic (exact) mass is 426 g/mol. The Morgan fingerprint density at radius 2 is 1.69 bits per heavy atom. The Kier molecular flexibility index (Phi) is 5.06. The highest BCUT2D eigenvalue weighted by Gasteiger charge is 2.37. The van der Waals surface area contributed by atoms with E-state index in [1.165, 1.54) is 11.0 Å². The lowest BCUT2D eigenvalue weighted by molar-refractivity contribution is -0.116. The van der Waals surface area contributed by atoms with E-state index in [2.05, 4.69) is 4.40 Å². The first kappa shape index (κ1) is 19.5. The second kappa shape index (κ2) is 7.53. The van der Waals surface area contributed by atoms with Crippen LogP contribution in [0.2, 0.25) is 0 Å². The molecule has 0 spiro atoms. The SMILES string of the molecule is COc1ccc(N2C(=O)[C@@H](C)SC2=NS(=O)(=O)c2ccc3ccccc3c2)cc1. The van der Waals surface area contributed by atoms with Crippen LogP contribution in [-0.2, 0) is 14.8 Å². The molecule has 6 nitrogen and oxygen atoms in total. The Hall–Kier alpha value is -2.84. The second-order valence-electron chi connectivity index (χ2n) is 6.49. The topological polar surface area (TPSA) is 76.0 Å².